The van der Waals surface area contributed by atoms with Gasteiger partial charge in [0.15, 0.2) is 5.16 Å². The second kappa shape index (κ2) is 9.63. The van der Waals surface area contributed by atoms with Crippen molar-refractivity contribution in [1.29, 1.82) is 0 Å². The summed E-state index contributed by atoms with van der Waals surface area (Å²) in [5.74, 6) is 1.41. The number of hydrogen-bond donors (Lipinski definition) is 1. The molecule has 0 bridgehead atoms. The maximum Gasteiger partial charge on any atom is 0.242 e. The summed E-state index contributed by atoms with van der Waals surface area (Å²) in [6.07, 6.45) is 2.29. The zero-order valence-electron chi connectivity index (χ0n) is 18.5. The number of nitrogens with zero attached hydrogens (tertiary/aromatic N) is 3. The molecule has 0 aliphatic heterocycles. The van der Waals surface area contributed by atoms with Gasteiger partial charge < -0.3 is 9.88 Å². The van der Waals surface area contributed by atoms with E-state index in [-0.39, 0.29) is 5.91 Å². The van der Waals surface area contributed by atoms with Crippen LogP contribution in [0.15, 0.2) is 90.1 Å². The van der Waals surface area contributed by atoms with Crippen molar-refractivity contribution in [3.8, 4) is 0 Å². The zero-order valence-corrected chi connectivity index (χ0v) is 19.3. The van der Waals surface area contributed by atoms with E-state index in [1.54, 1.807) is 0 Å². The molecule has 1 saturated carbocycles. The molecule has 1 aliphatic rings. The van der Waals surface area contributed by atoms with Crippen molar-refractivity contribution in [2.24, 2.45) is 0 Å². The minimum Gasteiger partial charge on any atom is -0.325 e. The predicted octanol–water partition coefficient (Wildman–Crippen LogP) is 5.98. The van der Waals surface area contributed by atoms with Gasteiger partial charge in [-0.2, -0.15) is 0 Å². The average Bonchev–Trinajstić information content (AvgIpc) is 3.62. The van der Waals surface area contributed by atoms with E-state index in [0.717, 1.165) is 40.6 Å². The fraction of sp³-hybridized carbons (Fsp3) is 0.222. The molecule has 1 fully saturated rings. The molecule has 6 heteroatoms. The number of nitrogens with one attached hydrogen (secondary N) is 1. The summed E-state index contributed by atoms with van der Waals surface area (Å²) in [5.41, 5.74) is 4.08. The number of amides is 1. The quantitative estimate of drug-likeness (QED) is 0.333. The first-order valence-corrected chi connectivity index (χ1v) is 12.1. The topological polar surface area (TPSA) is 59.8 Å². The highest BCUT2D eigenvalue weighted by atomic mass is 32.2. The SMILES string of the molecule is Cc1ccc(NC(=O)[C@H](Sc2nnc(C3CC3)n2Cc2ccccc2)c2ccccc2)cc1. The molecule has 0 spiro atoms. The number of carbonyl (C=O) groups is 1. The van der Waals surface area contributed by atoms with E-state index in [0.29, 0.717) is 12.5 Å². The van der Waals surface area contributed by atoms with E-state index < -0.39 is 5.25 Å². The van der Waals surface area contributed by atoms with Gasteiger partial charge in [-0.1, -0.05) is 90.1 Å². The third-order valence-electron chi connectivity index (χ3n) is 5.75. The Bertz CT molecular complexity index is 1220. The van der Waals surface area contributed by atoms with E-state index in [9.17, 15) is 4.79 Å². The van der Waals surface area contributed by atoms with Crippen molar-refractivity contribution in [3.63, 3.8) is 0 Å². The molecular formula is C27H26N4OS. The molecule has 4 aromatic rings. The predicted molar refractivity (Wildman–Crippen MR) is 132 cm³/mol. The Labute approximate surface area is 198 Å². The molecule has 1 amide bonds. The Hall–Kier alpha value is -3.38. The Balaban J connectivity index is 1.45. The highest BCUT2D eigenvalue weighted by Crippen LogP contribution is 2.42. The minimum absolute atomic E-state index is 0.0720. The van der Waals surface area contributed by atoms with Gasteiger partial charge in [-0.3, -0.25) is 4.79 Å². The standard InChI is InChI=1S/C27H26N4OS/c1-19-12-16-23(17-13-19)28-26(32)24(21-10-6-3-7-11-21)33-27-30-29-25(22-14-15-22)31(27)18-20-8-4-2-5-9-20/h2-13,16-17,22,24H,14-15,18H2,1H3,(H,28,32)/t24-/m1/s1. The largest absolute Gasteiger partial charge is 0.325 e. The number of aryl methyl sites for hydroxylation is 1. The maximum absolute atomic E-state index is 13.4. The number of aromatic nitrogens is 3. The molecule has 1 N–H and O–H groups in total. The lowest BCUT2D eigenvalue weighted by molar-refractivity contribution is -0.115. The summed E-state index contributed by atoms with van der Waals surface area (Å²) in [6, 6.07) is 28.1. The smallest absolute Gasteiger partial charge is 0.242 e. The van der Waals surface area contributed by atoms with Crippen LogP contribution in [0.25, 0.3) is 0 Å². The summed E-state index contributed by atoms with van der Waals surface area (Å²) < 4.78 is 2.19. The summed E-state index contributed by atoms with van der Waals surface area (Å²) in [6.45, 7) is 2.73. The first-order chi connectivity index (χ1) is 16.2. The van der Waals surface area contributed by atoms with Gasteiger partial charge in [0.2, 0.25) is 5.91 Å². The van der Waals surface area contributed by atoms with Crippen LogP contribution in [0.4, 0.5) is 5.69 Å². The third kappa shape index (κ3) is 5.17. The number of rotatable bonds is 8. The molecule has 0 saturated heterocycles. The van der Waals surface area contributed by atoms with Crippen molar-refractivity contribution in [3.05, 3.63) is 107 Å². The monoisotopic (exact) mass is 454 g/mol. The van der Waals surface area contributed by atoms with E-state index >= 15 is 0 Å². The first kappa shape index (κ1) is 21.5. The molecule has 1 aliphatic carbocycles. The van der Waals surface area contributed by atoms with Crippen LogP contribution in [0.1, 0.15) is 46.5 Å². The molecule has 5 rings (SSSR count). The number of carbonyl (C=O) groups excluding carboxylic acids is 1. The van der Waals surface area contributed by atoms with Crippen LogP contribution in [0, 0.1) is 6.92 Å². The summed E-state index contributed by atoms with van der Waals surface area (Å²) in [4.78, 5) is 13.4. The van der Waals surface area contributed by atoms with Crippen LogP contribution in [-0.4, -0.2) is 20.7 Å². The van der Waals surface area contributed by atoms with Crippen molar-refractivity contribution in [2.45, 2.75) is 42.6 Å². The number of thioether (sulfide) groups is 1. The zero-order chi connectivity index (χ0) is 22.6. The lowest BCUT2D eigenvalue weighted by atomic mass is 10.1. The molecule has 5 nitrogen and oxygen atoms in total. The van der Waals surface area contributed by atoms with Gasteiger partial charge in [0.05, 0.1) is 6.54 Å². The Morgan fingerprint density at radius 2 is 1.64 bits per heavy atom. The van der Waals surface area contributed by atoms with Crippen molar-refractivity contribution < 1.29 is 4.79 Å². The molecule has 1 heterocycles. The number of hydrogen-bond acceptors (Lipinski definition) is 4. The molecular weight excluding hydrogens is 428 g/mol. The van der Waals surface area contributed by atoms with Crippen LogP contribution in [0.5, 0.6) is 0 Å². The van der Waals surface area contributed by atoms with E-state index in [1.165, 1.54) is 17.3 Å². The van der Waals surface area contributed by atoms with Gasteiger partial charge in [0.25, 0.3) is 0 Å². The summed E-state index contributed by atoms with van der Waals surface area (Å²) in [7, 11) is 0. The van der Waals surface area contributed by atoms with Crippen LogP contribution in [0.3, 0.4) is 0 Å². The fourth-order valence-electron chi connectivity index (χ4n) is 3.80. The second-order valence-corrected chi connectivity index (χ2v) is 9.52. The van der Waals surface area contributed by atoms with Crippen LogP contribution >= 0.6 is 11.8 Å². The van der Waals surface area contributed by atoms with E-state index in [4.69, 9.17) is 0 Å². The lowest BCUT2D eigenvalue weighted by Crippen LogP contribution is -2.19. The number of anilines is 1. The highest BCUT2D eigenvalue weighted by molar-refractivity contribution is 8.00. The molecule has 3 aromatic carbocycles. The van der Waals surface area contributed by atoms with Crippen LogP contribution in [-0.2, 0) is 11.3 Å². The van der Waals surface area contributed by atoms with Gasteiger partial charge in [0.1, 0.15) is 11.1 Å². The van der Waals surface area contributed by atoms with Crippen molar-refractivity contribution >= 4 is 23.4 Å². The molecule has 1 atom stereocenters. The summed E-state index contributed by atoms with van der Waals surface area (Å²) in [5, 5.41) is 12.5. The van der Waals surface area contributed by atoms with Gasteiger partial charge in [-0.25, -0.2) is 0 Å². The molecule has 1 aromatic heterocycles. The molecule has 166 valence electrons. The maximum atomic E-state index is 13.4. The van der Waals surface area contributed by atoms with Crippen LogP contribution < -0.4 is 5.32 Å². The Kier molecular flexibility index (Phi) is 6.26. The second-order valence-electron chi connectivity index (χ2n) is 8.45. The first-order valence-electron chi connectivity index (χ1n) is 11.2. The third-order valence-corrected chi connectivity index (χ3v) is 6.99. The average molecular weight is 455 g/mol. The Morgan fingerprint density at radius 3 is 2.30 bits per heavy atom. The van der Waals surface area contributed by atoms with Gasteiger partial charge in [-0.05, 0) is 43.0 Å². The fourth-order valence-corrected chi connectivity index (χ4v) is 4.84. The normalized spacial score (nSPS) is 14.1. The Morgan fingerprint density at radius 1 is 0.970 bits per heavy atom. The van der Waals surface area contributed by atoms with Crippen molar-refractivity contribution in [2.75, 3.05) is 5.32 Å². The van der Waals surface area contributed by atoms with E-state index in [2.05, 4.69) is 32.2 Å². The van der Waals surface area contributed by atoms with Gasteiger partial charge >= 0.3 is 0 Å². The summed E-state index contributed by atoms with van der Waals surface area (Å²) >= 11 is 1.46. The molecule has 33 heavy (non-hydrogen) atoms. The lowest BCUT2D eigenvalue weighted by Gasteiger charge is -2.18. The number of benzene rings is 3. The minimum atomic E-state index is -0.446. The van der Waals surface area contributed by atoms with E-state index in [1.807, 2.05) is 79.7 Å². The highest BCUT2D eigenvalue weighted by Gasteiger charge is 2.32. The van der Waals surface area contributed by atoms with Crippen LogP contribution in [0.2, 0.25) is 0 Å². The van der Waals surface area contributed by atoms with Gasteiger partial charge in [0, 0.05) is 11.6 Å². The molecule has 0 radical (unpaired) electrons. The molecule has 0 unspecified atom stereocenters. The van der Waals surface area contributed by atoms with Crippen molar-refractivity contribution in [1.82, 2.24) is 14.8 Å². The van der Waals surface area contributed by atoms with Gasteiger partial charge in [-0.15, -0.1) is 10.2 Å².